The first-order valence-electron chi connectivity index (χ1n) is 18.4. The molecule has 0 bridgehead atoms. The van der Waals surface area contributed by atoms with E-state index in [9.17, 15) is 39.6 Å². The number of carbonyl (C=O) groups is 4. The molecule has 1 radical (unpaired) electrons. The zero-order valence-corrected chi connectivity index (χ0v) is 36.1. The van der Waals surface area contributed by atoms with Gasteiger partial charge in [0.15, 0.2) is 0 Å². The molecule has 0 aliphatic rings. The molecule has 63 heavy (non-hydrogen) atoms. The van der Waals surface area contributed by atoms with Gasteiger partial charge in [0.25, 0.3) is 0 Å². The third kappa shape index (κ3) is 16.2. The number of hydrogen-bond donors (Lipinski definition) is 4. The molecule has 0 spiro atoms. The van der Waals surface area contributed by atoms with E-state index in [1.165, 1.54) is 41.6 Å². The van der Waals surface area contributed by atoms with Gasteiger partial charge in [0.2, 0.25) is 0 Å². The minimum atomic E-state index is -1.17. The monoisotopic (exact) mass is 904 g/mol. The van der Waals surface area contributed by atoms with E-state index in [1.54, 1.807) is 60.7 Å². The third-order valence-electron chi connectivity index (χ3n) is 8.58. The number of thioether (sulfide) groups is 1. The summed E-state index contributed by atoms with van der Waals surface area (Å²) in [4.78, 5) is 72.8. The Morgan fingerprint density at radius 3 is 1.14 bits per heavy atom. The van der Waals surface area contributed by atoms with Crippen LogP contribution in [-0.2, 0) is 64.2 Å². The van der Waals surface area contributed by atoms with Gasteiger partial charge in [0.1, 0.15) is 28.2 Å². The van der Waals surface area contributed by atoms with Crippen molar-refractivity contribution in [2.45, 2.75) is 50.6 Å². The average molecular weight is 905 g/mol. The first-order valence-corrected chi connectivity index (χ1v) is 19.2. The van der Waals surface area contributed by atoms with Crippen LogP contribution in [0.25, 0.3) is 0 Å². The Labute approximate surface area is 380 Å². The number of hydrogen-bond acceptors (Lipinski definition) is 13. The van der Waals surface area contributed by atoms with E-state index in [0.29, 0.717) is 34.2 Å². The molecule has 0 amide bonds. The van der Waals surface area contributed by atoms with Crippen molar-refractivity contribution in [3.05, 3.63) is 192 Å². The SMILES string of the molecule is O=C(O)c1cccc(CN(Cc2c[c-]cc(CN(Cc3cccc(C(=O)O)n3)Cc3cccc(C(=O)O)n3)n2)Cc2cccc(C(=O)O)n2)n1.[CH2-]Cc1ccc(SC#N)cc1.[CH3-].[V]. The van der Waals surface area contributed by atoms with Crippen LogP contribution < -0.4 is 0 Å². The zero-order chi connectivity index (χ0) is 43.7. The van der Waals surface area contributed by atoms with E-state index in [2.05, 4.69) is 32.9 Å². The van der Waals surface area contributed by atoms with Crippen LogP contribution >= 0.6 is 11.8 Å². The summed E-state index contributed by atoms with van der Waals surface area (Å²) in [7, 11) is 0. The van der Waals surface area contributed by atoms with Gasteiger partial charge < -0.3 is 39.8 Å². The number of nitrogens with zero attached hydrogens (tertiary/aromatic N) is 8. The molecule has 6 rings (SSSR count). The summed E-state index contributed by atoms with van der Waals surface area (Å²) in [5.41, 5.74) is 3.79. The van der Waals surface area contributed by atoms with Crippen molar-refractivity contribution in [3.8, 4) is 5.40 Å². The van der Waals surface area contributed by atoms with Crippen LogP contribution in [0, 0.1) is 31.1 Å². The molecule has 4 N–H and O–H groups in total. The van der Waals surface area contributed by atoms with E-state index in [1.807, 2.05) is 39.5 Å². The molecular formula is C45H41N8O8SV-3. The van der Waals surface area contributed by atoms with Crippen molar-refractivity contribution < 1.29 is 58.2 Å². The Kier molecular flexibility index (Phi) is 20.2. The van der Waals surface area contributed by atoms with Gasteiger partial charge in [-0.2, -0.15) is 29.9 Å². The first-order chi connectivity index (χ1) is 29.4. The summed E-state index contributed by atoms with van der Waals surface area (Å²) in [5, 5.41) is 48.1. The zero-order valence-electron chi connectivity index (χ0n) is 33.9. The fraction of sp³-hybridized carbons (Fsp3) is 0.156. The van der Waals surface area contributed by atoms with Crippen molar-refractivity contribution in [2.75, 3.05) is 0 Å². The minimum Gasteiger partial charge on any atom is -0.477 e. The number of thiocyanates is 1. The molecular weight excluding hydrogens is 864 g/mol. The van der Waals surface area contributed by atoms with Gasteiger partial charge in [0.05, 0.1) is 22.8 Å². The van der Waals surface area contributed by atoms with Gasteiger partial charge in [-0.3, -0.25) is 9.80 Å². The van der Waals surface area contributed by atoms with Crippen LogP contribution in [0.2, 0.25) is 0 Å². The van der Waals surface area contributed by atoms with Gasteiger partial charge in [-0.1, -0.05) is 53.3 Å². The standard InChI is InChI=1S/C35H30N7O8.C9H8NS.CH3.V/c43-32(44)28-12-2-8-24(37-28)18-41(19-25-9-3-13-29(38-25)33(45)46)16-22-6-1-7-23(36-22)17-42(20-26-10-4-14-30(39-26)34(47)48)21-27-11-5-15-31(40-27)35(49)50;1-2-8-3-5-9(6-4-8)11-7-10;;/h2-15H,16-21H2,(H,43,44)(H,45,46)(H,47,48)(H,49,50);3-6H,1-2H2;1H3;/q3*-1;. The molecule has 16 nitrogen and oxygen atoms in total. The topological polar surface area (TPSA) is 244 Å². The van der Waals surface area contributed by atoms with Gasteiger partial charge >= 0.3 is 23.9 Å². The second kappa shape index (κ2) is 25.2. The summed E-state index contributed by atoms with van der Waals surface area (Å²) in [6.45, 7) is 4.98. The van der Waals surface area contributed by atoms with Crippen LogP contribution in [0.4, 0.5) is 0 Å². The summed E-state index contributed by atoms with van der Waals surface area (Å²) >= 11 is 1.18. The molecule has 1 aromatic carbocycles. The fourth-order valence-corrected chi connectivity index (χ4v) is 6.26. The number of carboxylic acid groups (broad SMARTS) is 4. The van der Waals surface area contributed by atoms with Crippen molar-refractivity contribution in [2.24, 2.45) is 0 Å². The fourth-order valence-electron chi connectivity index (χ4n) is 5.88. The Morgan fingerprint density at radius 1 is 0.540 bits per heavy atom. The molecule has 5 aromatic heterocycles. The van der Waals surface area contributed by atoms with E-state index < -0.39 is 23.9 Å². The number of aromatic nitrogens is 5. The number of pyridine rings is 5. The van der Waals surface area contributed by atoms with Crippen molar-refractivity contribution in [1.29, 1.82) is 5.26 Å². The molecule has 0 aliphatic carbocycles. The van der Waals surface area contributed by atoms with E-state index in [0.717, 1.165) is 11.3 Å². The Morgan fingerprint density at radius 2 is 0.857 bits per heavy atom. The molecule has 18 heteroatoms. The number of rotatable bonds is 18. The second-order valence-corrected chi connectivity index (χ2v) is 14.1. The molecule has 0 saturated carbocycles. The predicted molar refractivity (Wildman–Crippen MR) is 227 cm³/mol. The predicted octanol–water partition coefficient (Wildman–Crippen LogP) is 6.74. The Balaban J connectivity index is 0.000000709. The maximum atomic E-state index is 11.6. The normalized spacial score (nSPS) is 10.4. The summed E-state index contributed by atoms with van der Waals surface area (Å²) in [5.74, 6) is -4.68. The van der Waals surface area contributed by atoms with E-state index in [-0.39, 0.29) is 88.0 Å². The van der Waals surface area contributed by atoms with Gasteiger partial charge in [-0.15, -0.1) is 0 Å². The first kappa shape index (κ1) is 50.5. The number of aromatic carboxylic acids is 4. The van der Waals surface area contributed by atoms with Crippen LogP contribution in [0.5, 0.6) is 0 Å². The summed E-state index contributed by atoms with van der Waals surface area (Å²) in [6, 6.07) is 33.0. The largest absolute Gasteiger partial charge is 0.477 e. The molecule has 0 aliphatic heterocycles. The van der Waals surface area contributed by atoms with Crippen LogP contribution in [0.1, 0.15) is 81.7 Å². The molecule has 323 valence electrons. The quantitative estimate of drug-likeness (QED) is 0.0396. The number of nitriles is 1. The molecule has 0 unspecified atom stereocenters. The molecule has 6 aromatic rings. The number of carboxylic acids is 4. The maximum absolute atomic E-state index is 11.6. The smallest absolute Gasteiger partial charge is 0.354 e. The second-order valence-electron chi connectivity index (χ2n) is 13.2. The molecule has 0 fully saturated rings. The van der Waals surface area contributed by atoms with Crippen molar-refractivity contribution in [1.82, 2.24) is 34.7 Å². The summed E-state index contributed by atoms with van der Waals surface area (Å²) in [6.07, 6.45) is 0.803. The van der Waals surface area contributed by atoms with Crippen molar-refractivity contribution in [3.63, 3.8) is 0 Å². The summed E-state index contributed by atoms with van der Waals surface area (Å²) < 4.78 is 0. The third-order valence-corrected chi connectivity index (χ3v) is 9.18. The van der Waals surface area contributed by atoms with Crippen LogP contribution in [-0.4, -0.2) is 79.0 Å². The molecule has 0 atom stereocenters. The minimum absolute atomic E-state index is 0. The van der Waals surface area contributed by atoms with E-state index in [4.69, 9.17) is 10.2 Å². The van der Waals surface area contributed by atoms with Crippen LogP contribution in [0.3, 0.4) is 0 Å². The maximum Gasteiger partial charge on any atom is 0.354 e. The van der Waals surface area contributed by atoms with Gasteiger partial charge in [-0.25, -0.2) is 39.1 Å². The van der Waals surface area contributed by atoms with Gasteiger partial charge in [-0.05, 0) is 85.5 Å². The van der Waals surface area contributed by atoms with Gasteiger partial charge in [0, 0.05) is 49.6 Å². The number of benzene rings is 1. The van der Waals surface area contributed by atoms with Crippen molar-refractivity contribution >= 4 is 35.6 Å². The molecule has 0 saturated heterocycles. The van der Waals surface area contributed by atoms with E-state index >= 15 is 0 Å². The average Bonchev–Trinajstić information content (AvgIpc) is 3.24. The Bertz CT molecular complexity index is 2280. The van der Waals surface area contributed by atoms with Crippen LogP contribution in [0.15, 0.2) is 114 Å². The Hall–Kier alpha value is -6.81. The molecule has 5 heterocycles.